The topological polar surface area (TPSA) is 94.8 Å². The molecule has 10 heteroatoms. The fourth-order valence-corrected chi connectivity index (χ4v) is 5.57. The average Bonchev–Trinajstić information content (AvgIpc) is 3.57. The summed E-state index contributed by atoms with van der Waals surface area (Å²) in [4.78, 5) is 40.7. The minimum atomic E-state index is -0.195. The maximum atomic E-state index is 13.1. The molecule has 0 aliphatic carbocycles. The number of urea groups is 1. The van der Waals surface area contributed by atoms with Crippen molar-refractivity contribution >= 4 is 29.1 Å². The Balaban J connectivity index is 1.08. The third kappa shape index (κ3) is 5.48. The number of pyridine rings is 1. The second-order valence-electron chi connectivity index (χ2n) is 8.97. The molecule has 3 aromatic heterocycles. The van der Waals surface area contributed by atoms with Gasteiger partial charge in [-0.25, -0.2) is 14.8 Å². The summed E-state index contributed by atoms with van der Waals surface area (Å²) in [6, 6.07) is 9.77. The molecule has 5 heterocycles. The fourth-order valence-electron chi connectivity index (χ4n) is 4.60. The van der Waals surface area contributed by atoms with Gasteiger partial charge in [-0.3, -0.25) is 4.79 Å². The van der Waals surface area contributed by atoms with Gasteiger partial charge in [0.2, 0.25) is 0 Å². The minimum Gasteiger partial charge on any atom is -0.465 e. The summed E-state index contributed by atoms with van der Waals surface area (Å²) in [5.41, 5.74) is 0.442. The molecule has 0 bridgehead atoms. The van der Waals surface area contributed by atoms with Crippen LogP contribution in [0.5, 0.6) is 0 Å². The van der Waals surface area contributed by atoms with Gasteiger partial charge in [-0.2, -0.15) is 0 Å². The molecular weight excluding hydrogens is 464 g/mol. The normalized spacial score (nSPS) is 17.0. The highest BCUT2D eigenvalue weighted by Crippen LogP contribution is 2.31. The van der Waals surface area contributed by atoms with Gasteiger partial charge in [0, 0.05) is 56.8 Å². The van der Waals surface area contributed by atoms with E-state index in [0.717, 1.165) is 48.3 Å². The number of anilines is 1. The van der Waals surface area contributed by atoms with Crippen LogP contribution in [-0.4, -0.2) is 71.0 Å². The summed E-state index contributed by atoms with van der Waals surface area (Å²) >= 11 is 1.53. The number of hydrogen-bond acceptors (Lipinski definition) is 7. The zero-order valence-corrected chi connectivity index (χ0v) is 20.7. The summed E-state index contributed by atoms with van der Waals surface area (Å²) in [7, 11) is 0. The van der Waals surface area contributed by atoms with E-state index >= 15 is 0 Å². The van der Waals surface area contributed by atoms with Crippen molar-refractivity contribution in [3.05, 3.63) is 64.1 Å². The smallest absolute Gasteiger partial charge is 0.320 e. The molecule has 2 aliphatic rings. The van der Waals surface area contributed by atoms with Gasteiger partial charge in [0.1, 0.15) is 23.0 Å². The van der Waals surface area contributed by atoms with Gasteiger partial charge >= 0.3 is 6.03 Å². The lowest BCUT2D eigenvalue weighted by molar-refractivity contribution is 0.0943. The summed E-state index contributed by atoms with van der Waals surface area (Å²) in [5.74, 6) is 2.59. The number of carbonyl (C=O) groups is 2. The van der Waals surface area contributed by atoms with E-state index in [0.29, 0.717) is 38.4 Å². The zero-order chi connectivity index (χ0) is 24.2. The third-order valence-electron chi connectivity index (χ3n) is 6.61. The number of rotatable bonds is 5. The molecule has 0 unspecified atom stereocenters. The number of aromatic nitrogens is 2. The van der Waals surface area contributed by atoms with Crippen LogP contribution in [0, 0.1) is 6.92 Å². The highest BCUT2D eigenvalue weighted by atomic mass is 32.1. The number of aryl methyl sites for hydroxylation is 1. The molecule has 1 N–H and O–H groups in total. The Morgan fingerprint density at radius 1 is 1.06 bits per heavy atom. The van der Waals surface area contributed by atoms with E-state index in [9.17, 15) is 9.59 Å². The Morgan fingerprint density at radius 2 is 1.83 bits per heavy atom. The Bertz CT molecular complexity index is 1150. The van der Waals surface area contributed by atoms with Crippen molar-refractivity contribution in [1.82, 2.24) is 25.1 Å². The van der Waals surface area contributed by atoms with Gasteiger partial charge in [0.15, 0.2) is 0 Å². The maximum Gasteiger partial charge on any atom is 0.320 e. The highest BCUT2D eigenvalue weighted by Gasteiger charge is 2.30. The predicted molar refractivity (Wildman–Crippen MR) is 134 cm³/mol. The number of furan rings is 1. The molecule has 2 saturated heterocycles. The SMILES string of the molecule is Cc1ccc(CNC(=O)c2csc(C3CCN(C(=O)N4CCN(c5ccccn5)CC4)CC3)n2)o1. The molecule has 0 saturated carbocycles. The summed E-state index contributed by atoms with van der Waals surface area (Å²) in [6.07, 6.45) is 3.52. The third-order valence-corrected chi connectivity index (χ3v) is 7.62. The first-order valence-electron chi connectivity index (χ1n) is 12.1. The molecule has 0 aromatic carbocycles. The van der Waals surface area contributed by atoms with E-state index < -0.39 is 0 Å². The first-order chi connectivity index (χ1) is 17.1. The standard InChI is InChI=1S/C25H30N6O3S/c1-18-5-6-20(34-18)16-27-23(32)21-17-35-24(28-21)19-7-10-30(11-8-19)25(33)31-14-12-29(13-15-31)22-4-2-3-9-26-22/h2-6,9,17,19H,7-8,10-16H2,1H3,(H,27,32). The largest absolute Gasteiger partial charge is 0.465 e. The van der Waals surface area contributed by atoms with Crippen molar-refractivity contribution < 1.29 is 14.0 Å². The van der Waals surface area contributed by atoms with Gasteiger partial charge in [-0.1, -0.05) is 6.07 Å². The van der Waals surface area contributed by atoms with Crippen LogP contribution in [0.3, 0.4) is 0 Å². The molecule has 5 rings (SSSR count). The van der Waals surface area contributed by atoms with Crippen molar-refractivity contribution in [2.24, 2.45) is 0 Å². The monoisotopic (exact) mass is 494 g/mol. The van der Waals surface area contributed by atoms with Crippen LogP contribution in [-0.2, 0) is 6.54 Å². The van der Waals surface area contributed by atoms with Crippen LogP contribution in [0.25, 0.3) is 0 Å². The summed E-state index contributed by atoms with van der Waals surface area (Å²) in [6.45, 7) is 6.64. The molecule has 0 atom stereocenters. The molecule has 3 amide bonds. The molecule has 0 radical (unpaired) electrons. The second-order valence-corrected chi connectivity index (χ2v) is 9.86. The van der Waals surface area contributed by atoms with Crippen molar-refractivity contribution in [2.45, 2.75) is 32.2 Å². The van der Waals surface area contributed by atoms with Gasteiger partial charge < -0.3 is 24.4 Å². The fraction of sp³-hybridized carbons (Fsp3) is 0.440. The van der Waals surface area contributed by atoms with Gasteiger partial charge in [-0.15, -0.1) is 11.3 Å². The van der Waals surface area contributed by atoms with E-state index in [2.05, 4.69) is 20.2 Å². The van der Waals surface area contributed by atoms with Crippen molar-refractivity contribution in [3.8, 4) is 0 Å². The Kier molecular flexibility index (Phi) is 6.98. The maximum absolute atomic E-state index is 13.1. The summed E-state index contributed by atoms with van der Waals surface area (Å²) < 4.78 is 5.50. The van der Waals surface area contributed by atoms with E-state index in [1.165, 1.54) is 11.3 Å². The molecule has 2 aliphatic heterocycles. The van der Waals surface area contributed by atoms with Crippen LogP contribution >= 0.6 is 11.3 Å². The molecule has 0 spiro atoms. The van der Waals surface area contributed by atoms with E-state index in [4.69, 9.17) is 4.42 Å². The molecule has 2 fully saturated rings. The van der Waals surface area contributed by atoms with Crippen LogP contribution < -0.4 is 10.2 Å². The van der Waals surface area contributed by atoms with Gasteiger partial charge in [0.05, 0.1) is 11.6 Å². The zero-order valence-electron chi connectivity index (χ0n) is 19.9. The molecule has 9 nitrogen and oxygen atoms in total. The van der Waals surface area contributed by atoms with Crippen molar-refractivity contribution in [1.29, 1.82) is 0 Å². The second kappa shape index (κ2) is 10.5. The van der Waals surface area contributed by atoms with Crippen molar-refractivity contribution in [3.63, 3.8) is 0 Å². The quantitative estimate of drug-likeness (QED) is 0.584. The lowest BCUT2D eigenvalue weighted by Crippen LogP contribution is -2.54. The first kappa shape index (κ1) is 23.3. The van der Waals surface area contributed by atoms with Crippen LogP contribution in [0.4, 0.5) is 10.6 Å². The predicted octanol–water partition coefficient (Wildman–Crippen LogP) is 3.49. The molecule has 184 valence electrons. The number of hydrogen-bond donors (Lipinski definition) is 1. The Morgan fingerprint density at radius 3 is 2.51 bits per heavy atom. The number of likely N-dealkylation sites (tertiary alicyclic amines) is 1. The van der Waals surface area contributed by atoms with E-state index in [-0.39, 0.29) is 17.9 Å². The number of nitrogens with one attached hydrogen (secondary N) is 1. The van der Waals surface area contributed by atoms with Crippen LogP contribution in [0.15, 0.2) is 46.3 Å². The minimum absolute atomic E-state index is 0.122. The number of amides is 3. The lowest BCUT2D eigenvalue weighted by atomic mass is 9.98. The van der Waals surface area contributed by atoms with Crippen LogP contribution in [0.2, 0.25) is 0 Å². The number of carbonyl (C=O) groups excluding carboxylic acids is 2. The van der Waals surface area contributed by atoms with Gasteiger partial charge in [-0.05, 0) is 44.0 Å². The molecule has 35 heavy (non-hydrogen) atoms. The van der Waals surface area contributed by atoms with Crippen molar-refractivity contribution in [2.75, 3.05) is 44.2 Å². The highest BCUT2D eigenvalue weighted by molar-refractivity contribution is 7.09. The molecular formula is C25H30N6O3S. The van der Waals surface area contributed by atoms with Gasteiger partial charge in [0.25, 0.3) is 5.91 Å². The number of thiazole rings is 1. The summed E-state index contributed by atoms with van der Waals surface area (Å²) in [5, 5.41) is 5.65. The lowest BCUT2D eigenvalue weighted by Gasteiger charge is -2.39. The number of piperidine rings is 1. The molecule has 3 aromatic rings. The first-order valence-corrected chi connectivity index (χ1v) is 12.9. The number of piperazine rings is 1. The Hall–Kier alpha value is -3.40. The Labute approximate surface area is 208 Å². The number of nitrogens with zero attached hydrogens (tertiary/aromatic N) is 5. The average molecular weight is 495 g/mol. The van der Waals surface area contributed by atoms with E-state index in [1.54, 1.807) is 6.20 Å². The van der Waals surface area contributed by atoms with E-state index in [1.807, 2.05) is 52.4 Å². The van der Waals surface area contributed by atoms with Crippen LogP contribution in [0.1, 0.15) is 45.8 Å².